The van der Waals surface area contributed by atoms with Gasteiger partial charge in [0.1, 0.15) is 15.9 Å². The van der Waals surface area contributed by atoms with Gasteiger partial charge in [0.2, 0.25) is 5.91 Å². The first-order valence-electron chi connectivity index (χ1n) is 6.50. The highest BCUT2D eigenvalue weighted by Crippen LogP contribution is 2.09. The SMILES string of the molecule is CCC(CC)C(=O)NC(CCS(=O)(=O)CC)C(=O)O. The molecule has 0 heterocycles. The van der Waals surface area contributed by atoms with Crippen molar-refractivity contribution in [3.05, 3.63) is 0 Å². The van der Waals surface area contributed by atoms with E-state index in [1.165, 1.54) is 6.92 Å². The van der Waals surface area contributed by atoms with Crippen LogP contribution in [0.4, 0.5) is 0 Å². The van der Waals surface area contributed by atoms with Gasteiger partial charge in [0.25, 0.3) is 0 Å². The first kappa shape index (κ1) is 17.9. The standard InChI is InChI=1S/C12H23NO5S/c1-4-9(5-2)11(14)13-10(12(15)16)7-8-19(17,18)6-3/h9-10H,4-8H2,1-3H3,(H,13,14)(H,15,16). The van der Waals surface area contributed by atoms with Crippen LogP contribution in [-0.2, 0) is 19.4 Å². The summed E-state index contributed by atoms with van der Waals surface area (Å²) in [7, 11) is -3.23. The molecule has 0 spiro atoms. The van der Waals surface area contributed by atoms with E-state index in [1.807, 2.05) is 13.8 Å². The summed E-state index contributed by atoms with van der Waals surface area (Å²) < 4.78 is 22.7. The van der Waals surface area contributed by atoms with Crippen molar-refractivity contribution in [2.75, 3.05) is 11.5 Å². The summed E-state index contributed by atoms with van der Waals surface area (Å²) in [5.41, 5.74) is 0. The van der Waals surface area contributed by atoms with Crippen molar-refractivity contribution in [1.29, 1.82) is 0 Å². The molecule has 0 bridgehead atoms. The number of amides is 1. The second-order valence-electron chi connectivity index (χ2n) is 4.44. The minimum absolute atomic E-state index is 0.0279. The molecule has 0 aliphatic carbocycles. The van der Waals surface area contributed by atoms with E-state index in [2.05, 4.69) is 5.32 Å². The molecule has 0 saturated carbocycles. The molecule has 7 heteroatoms. The molecule has 0 aliphatic rings. The minimum Gasteiger partial charge on any atom is -0.480 e. The largest absolute Gasteiger partial charge is 0.480 e. The van der Waals surface area contributed by atoms with Gasteiger partial charge in [-0.3, -0.25) is 4.79 Å². The van der Waals surface area contributed by atoms with Crippen molar-refractivity contribution in [3.63, 3.8) is 0 Å². The van der Waals surface area contributed by atoms with E-state index in [0.29, 0.717) is 12.8 Å². The maximum Gasteiger partial charge on any atom is 0.326 e. The van der Waals surface area contributed by atoms with E-state index in [0.717, 1.165) is 0 Å². The number of carboxylic acid groups (broad SMARTS) is 1. The maximum absolute atomic E-state index is 11.8. The van der Waals surface area contributed by atoms with Crippen molar-refractivity contribution in [1.82, 2.24) is 5.32 Å². The number of carbonyl (C=O) groups is 2. The summed E-state index contributed by atoms with van der Waals surface area (Å²) in [4.78, 5) is 22.8. The van der Waals surface area contributed by atoms with Gasteiger partial charge in [-0.15, -0.1) is 0 Å². The summed E-state index contributed by atoms with van der Waals surface area (Å²) in [6, 6.07) is -1.14. The van der Waals surface area contributed by atoms with E-state index in [1.54, 1.807) is 0 Å². The Morgan fingerprint density at radius 3 is 2.05 bits per heavy atom. The fourth-order valence-corrected chi connectivity index (χ4v) is 2.53. The fraction of sp³-hybridized carbons (Fsp3) is 0.833. The number of carbonyl (C=O) groups excluding carboxylic acids is 1. The normalized spacial score (nSPS) is 13.3. The van der Waals surface area contributed by atoms with Crippen LogP contribution in [0.1, 0.15) is 40.0 Å². The Morgan fingerprint density at radius 1 is 1.16 bits per heavy atom. The topological polar surface area (TPSA) is 101 Å². The zero-order chi connectivity index (χ0) is 15.1. The number of sulfone groups is 1. The fourth-order valence-electron chi connectivity index (χ4n) is 1.65. The van der Waals surface area contributed by atoms with Crippen molar-refractivity contribution in [2.24, 2.45) is 5.92 Å². The molecule has 0 radical (unpaired) electrons. The van der Waals surface area contributed by atoms with Crippen LogP contribution in [0.3, 0.4) is 0 Å². The van der Waals surface area contributed by atoms with Crippen LogP contribution in [0.5, 0.6) is 0 Å². The Balaban J connectivity index is 4.59. The molecule has 6 nitrogen and oxygen atoms in total. The highest BCUT2D eigenvalue weighted by Gasteiger charge is 2.24. The molecule has 0 aliphatic heterocycles. The van der Waals surface area contributed by atoms with E-state index in [4.69, 9.17) is 5.11 Å². The lowest BCUT2D eigenvalue weighted by Crippen LogP contribution is -2.44. The maximum atomic E-state index is 11.8. The van der Waals surface area contributed by atoms with Gasteiger partial charge < -0.3 is 10.4 Å². The zero-order valence-electron chi connectivity index (χ0n) is 11.7. The zero-order valence-corrected chi connectivity index (χ0v) is 12.5. The summed E-state index contributed by atoms with van der Waals surface area (Å²) in [6.45, 7) is 5.21. The van der Waals surface area contributed by atoms with Crippen LogP contribution in [0.25, 0.3) is 0 Å². The smallest absolute Gasteiger partial charge is 0.326 e. The quantitative estimate of drug-likeness (QED) is 0.655. The average Bonchev–Trinajstić information content (AvgIpc) is 2.35. The summed E-state index contributed by atoms with van der Waals surface area (Å²) >= 11 is 0. The van der Waals surface area contributed by atoms with Gasteiger partial charge in [-0.25, -0.2) is 13.2 Å². The van der Waals surface area contributed by atoms with Gasteiger partial charge in [0.15, 0.2) is 0 Å². The first-order valence-corrected chi connectivity index (χ1v) is 8.33. The van der Waals surface area contributed by atoms with Crippen molar-refractivity contribution >= 4 is 21.7 Å². The number of hydrogen-bond acceptors (Lipinski definition) is 4. The highest BCUT2D eigenvalue weighted by molar-refractivity contribution is 7.91. The van der Waals surface area contributed by atoms with Crippen LogP contribution >= 0.6 is 0 Å². The number of rotatable bonds is 9. The lowest BCUT2D eigenvalue weighted by molar-refractivity contribution is -0.142. The number of nitrogens with one attached hydrogen (secondary N) is 1. The Bertz CT molecular complexity index is 400. The molecule has 112 valence electrons. The predicted octanol–water partition coefficient (Wildman–Crippen LogP) is 0.817. The Kier molecular flexibility index (Phi) is 7.66. The van der Waals surface area contributed by atoms with Gasteiger partial charge in [0, 0.05) is 11.7 Å². The lowest BCUT2D eigenvalue weighted by Gasteiger charge is -2.18. The molecule has 2 N–H and O–H groups in total. The number of hydrogen-bond donors (Lipinski definition) is 2. The number of carboxylic acids is 1. The molecular weight excluding hydrogens is 270 g/mol. The van der Waals surface area contributed by atoms with Gasteiger partial charge in [-0.1, -0.05) is 20.8 Å². The summed E-state index contributed by atoms with van der Waals surface area (Å²) in [6.07, 6.45) is 1.15. The molecule has 1 atom stereocenters. The molecule has 1 unspecified atom stereocenters. The Hall–Kier alpha value is -1.11. The monoisotopic (exact) mass is 293 g/mol. The molecule has 0 rings (SSSR count). The summed E-state index contributed by atoms with van der Waals surface area (Å²) in [5.74, 6) is -2.02. The molecule has 19 heavy (non-hydrogen) atoms. The van der Waals surface area contributed by atoms with E-state index in [9.17, 15) is 18.0 Å². The van der Waals surface area contributed by atoms with Crippen LogP contribution in [0, 0.1) is 5.92 Å². The summed E-state index contributed by atoms with van der Waals surface area (Å²) in [5, 5.41) is 11.4. The van der Waals surface area contributed by atoms with Crippen LogP contribution in [0.2, 0.25) is 0 Å². The Morgan fingerprint density at radius 2 is 1.68 bits per heavy atom. The van der Waals surface area contributed by atoms with E-state index in [-0.39, 0.29) is 29.8 Å². The third-order valence-electron chi connectivity index (χ3n) is 3.13. The van der Waals surface area contributed by atoms with Gasteiger partial charge in [-0.2, -0.15) is 0 Å². The molecule has 0 fully saturated rings. The molecule has 1 amide bonds. The highest BCUT2D eigenvalue weighted by atomic mass is 32.2. The van der Waals surface area contributed by atoms with Crippen molar-refractivity contribution in [2.45, 2.75) is 46.1 Å². The molecule has 0 aromatic rings. The van der Waals surface area contributed by atoms with E-state index < -0.39 is 21.8 Å². The van der Waals surface area contributed by atoms with Crippen LogP contribution in [-0.4, -0.2) is 42.9 Å². The third-order valence-corrected chi connectivity index (χ3v) is 4.87. The van der Waals surface area contributed by atoms with Gasteiger partial charge >= 0.3 is 5.97 Å². The van der Waals surface area contributed by atoms with Gasteiger partial charge in [-0.05, 0) is 19.3 Å². The van der Waals surface area contributed by atoms with Crippen molar-refractivity contribution < 1.29 is 23.1 Å². The molecular formula is C12H23NO5S. The number of aliphatic carboxylic acids is 1. The first-order chi connectivity index (χ1) is 8.77. The minimum atomic E-state index is -3.23. The Labute approximate surface area is 114 Å². The van der Waals surface area contributed by atoms with Gasteiger partial charge in [0.05, 0.1) is 5.75 Å². The predicted molar refractivity (Wildman–Crippen MR) is 72.6 cm³/mol. The third kappa shape index (κ3) is 6.56. The lowest BCUT2D eigenvalue weighted by atomic mass is 10.0. The average molecular weight is 293 g/mol. The molecule has 0 aromatic heterocycles. The second kappa shape index (κ2) is 8.14. The van der Waals surface area contributed by atoms with Crippen LogP contribution in [0.15, 0.2) is 0 Å². The van der Waals surface area contributed by atoms with E-state index >= 15 is 0 Å². The van der Waals surface area contributed by atoms with Crippen molar-refractivity contribution in [3.8, 4) is 0 Å². The van der Waals surface area contributed by atoms with Crippen LogP contribution < -0.4 is 5.32 Å². The molecule has 0 saturated heterocycles. The molecule has 0 aromatic carbocycles. The second-order valence-corrected chi connectivity index (χ2v) is 6.91.